The number of H-pyrrole nitrogens is 1. The van der Waals surface area contributed by atoms with E-state index in [1.807, 2.05) is 25.1 Å². The summed E-state index contributed by atoms with van der Waals surface area (Å²) >= 11 is 0. The Morgan fingerprint density at radius 2 is 1.92 bits per heavy atom. The molecule has 0 bridgehead atoms. The van der Waals surface area contributed by atoms with Crippen molar-refractivity contribution in [1.82, 2.24) is 9.88 Å². The summed E-state index contributed by atoms with van der Waals surface area (Å²) in [5.74, 6) is -0.319. The summed E-state index contributed by atoms with van der Waals surface area (Å²) in [6, 6.07) is 14.5. The highest BCUT2D eigenvalue weighted by molar-refractivity contribution is 5.95. The van der Waals surface area contributed by atoms with Crippen LogP contribution in [0.5, 0.6) is 0 Å². The highest BCUT2D eigenvalue weighted by Crippen LogP contribution is 2.19. The van der Waals surface area contributed by atoms with Gasteiger partial charge >= 0.3 is 0 Å². The molecule has 0 aliphatic carbocycles. The van der Waals surface area contributed by atoms with Gasteiger partial charge in [-0.3, -0.25) is 19.7 Å². The Bertz CT molecular complexity index is 1040. The van der Waals surface area contributed by atoms with Gasteiger partial charge in [0.05, 0.1) is 4.92 Å². The standard InChI is InChI=1S/C19H17N3O4/c1-2-21(19(24)13-6-5-7-15(10-13)22(25)26)12-14-11-18(23)20-17-9-4-3-8-16(14)17/h3-11H,2,12H2,1H3,(H,20,23). The van der Waals surface area contributed by atoms with Gasteiger partial charge in [0.15, 0.2) is 0 Å². The molecule has 1 heterocycles. The fourth-order valence-electron chi connectivity index (χ4n) is 2.88. The minimum absolute atomic E-state index is 0.131. The van der Waals surface area contributed by atoms with Crippen molar-refractivity contribution in [3.8, 4) is 0 Å². The summed E-state index contributed by atoms with van der Waals surface area (Å²) in [6.45, 7) is 2.47. The summed E-state index contributed by atoms with van der Waals surface area (Å²) in [7, 11) is 0. The molecule has 0 aliphatic rings. The van der Waals surface area contributed by atoms with Gasteiger partial charge in [0.1, 0.15) is 0 Å². The molecule has 7 heteroatoms. The SMILES string of the molecule is CCN(Cc1cc(=O)[nH]c2ccccc12)C(=O)c1cccc([N+](=O)[O-])c1. The first-order valence-corrected chi connectivity index (χ1v) is 8.14. The number of aromatic nitrogens is 1. The molecular formula is C19H17N3O4. The summed E-state index contributed by atoms with van der Waals surface area (Å²) in [6.07, 6.45) is 0. The molecule has 1 aromatic heterocycles. The molecule has 0 saturated heterocycles. The van der Waals surface area contributed by atoms with Crippen LogP contribution in [0, 0.1) is 10.1 Å². The molecule has 0 saturated carbocycles. The molecular weight excluding hydrogens is 334 g/mol. The van der Waals surface area contributed by atoms with Gasteiger partial charge in [-0.2, -0.15) is 0 Å². The van der Waals surface area contributed by atoms with E-state index in [9.17, 15) is 19.7 Å². The normalized spacial score (nSPS) is 10.7. The fraction of sp³-hybridized carbons (Fsp3) is 0.158. The predicted molar refractivity (Wildman–Crippen MR) is 98.1 cm³/mol. The van der Waals surface area contributed by atoms with E-state index in [1.54, 1.807) is 17.0 Å². The van der Waals surface area contributed by atoms with E-state index in [-0.39, 0.29) is 29.3 Å². The lowest BCUT2D eigenvalue weighted by molar-refractivity contribution is -0.384. The van der Waals surface area contributed by atoms with Crippen LogP contribution >= 0.6 is 0 Å². The fourth-order valence-corrected chi connectivity index (χ4v) is 2.88. The number of hydrogen-bond donors (Lipinski definition) is 1. The lowest BCUT2D eigenvalue weighted by Crippen LogP contribution is -2.30. The Labute approximate surface area is 149 Å². The molecule has 3 aromatic rings. The number of hydrogen-bond acceptors (Lipinski definition) is 4. The summed E-state index contributed by atoms with van der Waals surface area (Å²) in [5.41, 5.74) is 1.31. The Morgan fingerprint density at radius 3 is 2.65 bits per heavy atom. The zero-order valence-electron chi connectivity index (χ0n) is 14.1. The molecule has 0 unspecified atom stereocenters. The quantitative estimate of drug-likeness (QED) is 0.564. The van der Waals surface area contributed by atoms with Gasteiger partial charge in [-0.25, -0.2) is 0 Å². The van der Waals surface area contributed by atoms with Gasteiger partial charge in [0.25, 0.3) is 11.6 Å². The van der Waals surface area contributed by atoms with Gasteiger partial charge < -0.3 is 9.88 Å². The molecule has 2 aromatic carbocycles. The highest BCUT2D eigenvalue weighted by atomic mass is 16.6. The molecule has 0 aliphatic heterocycles. The monoisotopic (exact) mass is 351 g/mol. The number of carbonyl (C=O) groups is 1. The van der Waals surface area contributed by atoms with Crippen molar-refractivity contribution in [2.45, 2.75) is 13.5 Å². The average molecular weight is 351 g/mol. The topological polar surface area (TPSA) is 96.3 Å². The minimum Gasteiger partial charge on any atom is -0.335 e. The molecule has 3 rings (SSSR count). The van der Waals surface area contributed by atoms with E-state index in [0.717, 1.165) is 10.9 Å². The Balaban J connectivity index is 1.95. The largest absolute Gasteiger partial charge is 0.335 e. The predicted octanol–water partition coefficient (Wildman–Crippen LogP) is 3.10. The Kier molecular flexibility index (Phi) is 4.79. The lowest BCUT2D eigenvalue weighted by atomic mass is 10.1. The van der Waals surface area contributed by atoms with E-state index in [0.29, 0.717) is 12.1 Å². The van der Waals surface area contributed by atoms with Crippen LogP contribution in [-0.2, 0) is 6.54 Å². The van der Waals surface area contributed by atoms with Gasteiger partial charge in [-0.1, -0.05) is 24.3 Å². The van der Waals surface area contributed by atoms with Crippen LogP contribution in [0.4, 0.5) is 5.69 Å². The molecule has 1 N–H and O–H groups in total. The van der Waals surface area contributed by atoms with Crippen molar-refractivity contribution < 1.29 is 9.72 Å². The summed E-state index contributed by atoms with van der Waals surface area (Å²) < 4.78 is 0. The van der Waals surface area contributed by atoms with Crippen molar-refractivity contribution in [3.63, 3.8) is 0 Å². The molecule has 0 spiro atoms. The first-order valence-electron chi connectivity index (χ1n) is 8.14. The maximum atomic E-state index is 12.8. The Morgan fingerprint density at radius 1 is 1.15 bits per heavy atom. The number of carbonyl (C=O) groups excluding carboxylic acids is 1. The molecule has 0 radical (unpaired) electrons. The molecule has 0 atom stereocenters. The number of benzene rings is 2. The van der Waals surface area contributed by atoms with Crippen LogP contribution < -0.4 is 5.56 Å². The maximum absolute atomic E-state index is 12.8. The smallest absolute Gasteiger partial charge is 0.270 e. The third-order valence-corrected chi connectivity index (χ3v) is 4.17. The molecule has 26 heavy (non-hydrogen) atoms. The minimum atomic E-state index is -0.530. The van der Waals surface area contributed by atoms with Crippen LogP contribution in [0.1, 0.15) is 22.8 Å². The number of amides is 1. The number of non-ortho nitro benzene ring substituents is 1. The zero-order chi connectivity index (χ0) is 18.7. The number of para-hydroxylation sites is 1. The van der Waals surface area contributed by atoms with Gasteiger partial charge in [0.2, 0.25) is 5.56 Å². The number of nitro groups is 1. The molecule has 132 valence electrons. The van der Waals surface area contributed by atoms with Gasteiger partial charge in [-0.05, 0) is 24.6 Å². The molecule has 7 nitrogen and oxygen atoms in total. The summed E-state index contributed by atoms with van der Waals surface area (Å²) in [4.78, 5) is 39.4. The second-order valence-electron chi connectivity index (χ2n) is 5.83. The zero-order valence-corrected chi connectivity index (χ0v) is 14.1. The second-order valence-corrected chi connectivity index (χ2v) is 5.83. The van der Waals surface area contributed by atoms with E-state index in [2.05, 4.69) is 4.98 Å². The number of rotatable bonds is 5. The maximum Gasteiger partial charge on any atom is 0.270 e. The van der Waals surface area contributed by atoms with Crippen molar-refractivity contribution in [1.29, 1.82) is 0 Å². The van der Waals surface area contributed by atoms with E-state index in [4.69, 9.17) is 0 Å². The Hall–Kier alpha value is -3.48. The first-order chi connectivity index (χ1) is 12.5. The average Bonchev–Trinajstić information content (AvgIpc) is 2.65. The summed E-state index contributed by atoms with van der Waals surface area (Å²) in [5, 5.41) is 11.8. The van der Waals surface area contributed by atoms with Crippen molar-refractivity contribution in [2.75, 3.05) is 6.54 Å². The van der Waals surface area contributed by atoms with E-state index in [1.165, 1.54) is 24.3 Å². The van der Waals surface area contributed by atoms with Crippen molar-refractivity contribution in [2.24, 2.45) is 0 Å². The van der Waals surface area contributed by atoms with Crippen LogP contribution in [0.15, 0.2) is 59.4 Å². The molecule has 0 fully saturated rings. The number of nitrogens with one attached hydrogen (secondary N) is 1. The van der Waals surface area contributed by atoms with Crippen LogP contribution in [0.3, 0.4) is 0 Å². The number of pyridine rings is 1. The molecule has 1 amide bonds. The van der Waals surface area contributed by atoms with Gasteiger partial charge in [-0.15, -0.1) is 0 Å². The van der Waals surface area contributed by atoms with Crippen LogP contribution in [-0.4, -0.2) is 27.3 Å². The van der Waals surface area contributed by atoms with E-state index < -0.39 is 4.92 Å². The number of aromatic amines is 1. The first kappa shape index (κ1) is 17.3. The number of nitrogens with zero attached hydrogens (tertiary/aromatic N) is 2. The number of fused-ring (bicyclic) bond motifs is 1. The second kappa shape index (κ2) is 7.18. The van der Waals surface area contributed by atoms with Crippen molar-refractivity contribution >= 4 is 22.5 Å². The van der Waals surface area contributed by atoms with Crippen LogP contribution in [0.25, 0.3) is 10.9 Å². The third-order valence-electron chi connectivity index (χ3n) is 4.17. The van der Waals surface area contributed by atoms with Crippen LogP contribution in [0.2, 0.25) is 0 Å². The third kappa shape index (κ3) is 3.46. The van der Waals surface area contributed by atoms with Gasteiger partial charge in [0, 0.05) is 47.8 Å². The van der Waals surface area contributed by atoms with Crippen molar-refractivity contribution in [3.05, 3.63) is 86.2 Å². The highest BCUT2D eigenvalue weighted by Gasteiger charge is 2.18. The number of nitro benzene ring substituents is 1. The lowest BCUT2D eigenvalue weighted by Gasteiger charge is -2.21. The van der Waals surface area contributed by atoms with E-state index >= 15 is 0 Å².